The zero-order valence-electron chi connectivity index (χ0n) is 12.5. The maximum Gasteiger partial charge on any atom is 0.132 e. The van der Waals surface area contributed by atoms with Crippen LogP contribution in [0.25, 0.3) is 0 Å². The monoisotopic (exact) mass is 302 g/mol. The van der Waals surface area contributed by atoms with Gasteiger partial charge in [0, 0.05) is 10.6 Å². The van der Waals surface area contributed by atoms with Gasteiger partial charge in [-0.3, -0.25) is 4.90 Å². The van der Waals surface area contributed by atoms with E-state index in [1.165, 1.54) is 43.0 Å². The fourth-order valence-corrected chi connectivity index (χ4v) is 3.27. The third-order valence-electron chi connectivity index (χ3n) is 4.42. The first kappa shape index (κ1) is 14.6. The van der Waals surface area contributed by atoms with Crippen LogP contribution in [0.4, 0.5) is 5.69 Å². The molecule has 0 aliphatic carbocycles. The summed E-state index contributed by atoms with van der Waals surface area (Å²) >= 11 is 6.26. The van der Waals surface area contributed by atoms with E-state index in [0.717, 1.165) is 11.6 Å². The van der Waals surface area contributed by atoms with E-state index in [1.54, 1.807) is 9.80 Å². The van der Waals surface area contributed by atoms with Gasteiger partial charge < -0.3 is 4.90 Å². The van der Waals surface area contributed by atoms with Crippen molar-refractivity contribution < 1.29 is 9.80 Å². The molecule has 0 unspecified atom stereocenters. The molecule has 0 aromatic heterocycles. The standard InChI is InChI=1S/C18H21ClN2/c1-15-6-8-17(9-7-15)21-12-10-20(11-13-21)14-16-4-2-3-5-18(16)19/h2-9H,10-14H2,1H3/p+2. The van der Waals surface area contributed by atoms with Crippen LogP contribution in [0.15, 0.2) is 48.5 Å². The minimum Gasteiger partial charge on any atom is -0.322 e. The van der Waals surface area contributed by atoms with Crippen LogP contribution in [0.3, 0.4) is 0 Å². The van der Waals surface area contributed by atoms with Gasteiger partial charge in [0.1, 0.15) is 38.4 Å². The number of hydrogen-bond donors (Lipinski definition) is 2. The Hall–Kier alpha value is -1.35. The molecule has 0 amide bonds. The van der Waals surface area contributed by atoms with Crippen LogP contribution in [0.2, 0.25) is 5.02 Å². The molecule has 1 fully saturated rings. The highest BCUT2D eigenvalue weighted by Crippen LogP contribution is 2.13. The molecular formula is C18H23ClN2+2. The summed E-state index contributed by atoms with van der Waals surface area (Å²) in [6, 6.07) is 17.2. The second-order valence-corrected chi connectivity index (χ2v) is 6.39. The summed E-state index contributed by atoms with van der Waals surface area (Å²) in [6.07, 6.45) is 0. The lowest BCUT2D eigenvalue weighted by Gasteiger charge is -2.29. The van der Waals surface area contributed by atoms with Crippen molar-refractivity contribution in [3.05, 3.63) is 64.7 Å². The number of rotatable bonds is 3. The van der Waals surface area contributed by atoms with E-state index >= 15 is 0 Å². The van der Waals surface area contributed by atoms with Gasteiger partial charge in [-0.15, -0.1) is 0 Å². The molecular weight excluding hydrogens is 280 g/mol. The number of hydrogen-bond acceptors (Lipinski definition) is 0. The molecule has 0 spiro atoms. The topological polar surface area (TPSA) is 8.88 Å². The Morgan fingerprint density at radius 3 is 2.24 bits per heavy atom. The first-order valence-corrected chi connectivity index (χ1v) is 8.09. The van der Waals surface area contributed by atoms with E-state index < -0.39 is 0 Å². The van der Waals surface area contributed by atoms with Gasteiger partial charge in [0.15, 0.2) is 0 Å². The van der Waals surface area contributed by atoms with Gasteiger partial charge in [0.2, 0.25) is 0 Å². The van der Waals surface area contributed by atoms with E-state index in [9.17, 15) is 0 Å². The minimum atomic E-state index is 0.901. The molecule has 0 bridgehead atoms. The smallest absolute Gasteiger partial charge is 0.132 e. The molecule has 2 aromatic rings. The molecule has 2 nitrogen and oxygen atoms in total. The van der Waals surface area contributed by atoms with Crippen molar-refractivity contribution in [2.45, 2.75) is 13.5 Å². The SMILES string of the molecule is Cc1ccc([NH+]2CC[NH+](Cc3ccccc3Cl)CC2)cc1. The van der Waals surface area contributed by atoms with Crippen LogP contribution < -0.4 is 9.80 Å². The maximum atomic E-state index is 6.26. The lowest BCUT2D eigenvalue weighted by molar-refractivity contribution is -0.994. The Kier molecular flexibility index (Phi) is 4.59. The van der Waals surface area contributed by atoms with Gasteiger partial charge in [-0.25, -0.2) is 0 Å². The number of quaternary nitrogens is 2. The second-order valence-electron chi connectivity index (χ2n) is 5.99. The Balaban J connectivity index is 1.58. The number of piperazine rings is 1. The molecule has 21 heavy (non-hydrogen) atoms. The number of aryl methyl sites for hydroxylation is 1. The summed E-state index contributed by atoms with van der Waals surface area (Å²) in [6.45, 7) is 7.99. The normalized spacial score (nSPS) is 22.2. The van der Waals surface area contributed by atoms with Crippen LogP contribution in [-0.2, 0) is 6.54 Å². The highest BCUT2D eigenvalue weighted by atomic mass is 35.5. The van der Waals surface area contributed by atoms with Crippen molar-refractivity contribution in [1.82, 2.24) is 0 Å². The Bertz CT molecular complexity index is 586. The van der Waals surface area contributed by atoms with Crippen LogP contribution in [0, 0.1) is 6.92 Å². The van der Waals surface area contributed by atoms with Crippen molar-refractivity contribution >= 4 is 17.3 Å². The predicted octanol–water partition coefficient (Wildman–Crippen LogP) is 1.26. The highest BCUT2D eigenvalue weighted by Gasteiger charge is 2.24. The van der Waals surface area contributed by atoms with E-state index in [0.29, 0.717) is 0 Å². The first-order valence-electron chi connectivity index (χ1n) is 7.71. The van der Waals surface area contributed by atoms with Crippen LogP contribution in [0.5, 0.6) is 0 Å². The summed E-state index contributed by atoms with van der Waals surface area (Å²) < 4.78 is 0. The molecule has 1 aliphatic rings. The van der Waals surface area contributed by atoms with Crippen molar-refractivity contribution in [2.75, 3.05) is 26.2 Å². The van der Waals surface area contributed by atoms with Gasteiger partial charge >= 0.3 is 0 Å². The van der Waals surface area contributed by atoms with Crippen LogP contribution in [-0.4, -0.2) is 26.2 Å². The Morgan fingerprint density at radius 1 is 0.905 bits per heavy atom. The van der Waals surface area contributed by atoms with E-state index in [1.807, 2.05) is 12.1 Å². The summed E-state index contributed by atoms with van der Waals surface area (Å²) in [5.41, 5.74) is 4.03. The molecule has 2 aromatic carbocycles. The van der Waals surface area contributed by atoms with Gasteiger partial charge in [0.05, 0.1) is 0 Å². The quantitative estimate of drug-likeness (QED) is 0.845. The number of halogens is 1. The molecule has 1 aliphatic heterocycles. The van der Waals surface area contributed by atoms with Gasteiger partial charge in [-0.1, -0.05) is 47.5 Å². The zero-order chi connectivity index (χ0) is 14.7. The van der Waals surface area contributed by atoms with E-state index in [2.05, 4.69) is 43.3 Å². The molecule has 3 heteroatoms. The molecule has 0 saturated carbocycles. The van der Waals surface area contributed by atoms with Gasteiger partial charge in [0.25, 0.3) is 0 Å². The zero-order valence-corrected chi connectivity index (χ0v) is 13.3. The molecule has 3 rings (SSSR count). The summed E-state index contributed by atoms with van der Waals surface area (Å²) in [5.74, 6) is 0. The lowest BCUT2D eigenvalue weighted by atomic mass is 10.1. The fourth-order valence-electron chi connectivity index (χ4n) is 3.07. The average molecular weight is 303 g/mol. The highest BCUT2D eigenvalue weighted by molar-refractivity contribution is 6.31. The lowest BCUT2D eigenvalue weighted by Crippen LogP contribution is -3.25. The Morgan fingerprint density at radius 2 is 1.57 bits per heavy atom. The molecule has 0 radical (unpaired) electrons. The summed E-state index contributed by atoms with van der Waals surface area (Å²) in [4.78, 5) is 3.25. The summed E-state index contributed by atoms with van der Waals surface area (Å²) in [5, 5.41) is 0.901. The second kappa shape index (κ2) is 6.61. The molecule has 110 valence electrons. The third kappa shape index (κ3) is 3.65. The fraction of sp³-hybridized carbons (Fsp3) is 0.333. The number of benzene rings is 2. The molecule has 2 N–H and O–H groups in total. The van der Waals surface area contributed by atoms with Crippen molar-refractivity contribution in [3.63, 3.8) is 0 Å². The van der Waals surface area contributed by atoms with Crippen molar-refractivity contribution in [1.29, 1.82) is 0 Å². The minimum absolute atomic E-state index is 0.901. The maximum absolute atomic E-state index is 6.26. The molecule has 1 saturated heterocycles. The van der Waals surface area contributed by atoms with Gasteiger partial charge in [-0.2, -0.15) is 0 Å². The molecule has 1 heterocycles. The van der Waals surface area contributed by atoms with Crippen molar-refractivity contribution in [3.8, 4) is 0 Å². The average Bonchev–Trinajstić information content (AvgIpc) is 2.51. The van der Waals surface area contributed by atoms with Gasteiger partial charge in [-0.05, 0) is 25.1 Å². The number of nitrogens with one attached hydrogen (secondary N) is 2. The van der Waals surface area contributed by atoms with E-state index in [4.69, 9.17) is 11.6 Å². The predicted molar refractivity (Wildman–Crippen MR) is 87.4 cm³/mol. The van der Waals surface area contributed by atoms with Crippen LogP contribution >= 0.6 is 11.6 Å². The molecule has 0 atom stereocenters. The largest absolute Gasteiger partial charge is 0.322 e. The summed E-state index contributed by atoms with van der Waals surface area (Å²) in [7, 11) is 0. The van der Waals surface area contributed by atoms with Crippen LogP contribution in [0.1, 0.15) is 11.1 Å². The third-order valence-corrected chi connectivity index (χ3v) is 4.79. The van der Waals surface area contributed by atoms with Crippen molar-refractivity contribution in [2.24, 2.45) is 0 Å². The van der Waals surface area contributed by atoms with E-state index in [-0.39, 0.29) is 0 Å². The Labute approximate surface area is 131 Å². The first-order chi connectivity index (χ1) is 10.2.